The zero-order chi connectivity index (χ0) is 10.6. The molecule has 0 aliphatic rings. The molecule has 0 aromatic carbocycles. The molecule has 0 saturated carbocycles. The van der Waals surface area contributed by atoms with Crippen LogP contribution >= 0.6 is 11.8 Å². The Morgan fingerprint density at radius 2 is 2.14 bits per heavy atom. The molecule has 1 rings (SSSR count). The number of hydrogen-bond donors (Lipinski definition) is 1. The van der Waals surface area contributed by atoms with E-state index in [0.717, 1.165) is 5.69 Å². The van der Waals surface area contributed by atoms with Crippen LogP contribution in [-0.4, -0.2) is 10.2 Å². The van der Waals surface area contributed by atoms with Gasteiger partial charge in [0.1, 0.15) is 0 Å². The second-order valence-corrected chi connectivity index (χ2v) is 5.14. The molecule has 1 aromatic heterocycles. The van der Waals surface area contributed by atoms with Crippen LogP contribution in [0.4, 0.5) is 0 Å². The maximum atomic E-state index is 5.63. The van der Waals surface area contributed by atoms with E-state index < -0.39 is 0 Å². The second-order valence-electron chi connectivity index (χ2n) is 3.72. The summed E-state index contributed by atoms with van der Waals surface area (Å²) in [6, 6.07) is 4.06. The van der Waals surface area contributed by atoms with Gasteiger partial charge < -0.3 is 5.73 Å². The van der Waals surface area contributed by atoms with Crippen molar-refractivity contribution in [3.8, 4) is 0 Å². The fourth-order valence-electron chi connectivity index (χ4n) is 1.02. The summed E-state index contributed by atoms with van der Waals surface area (Å²) >= 11 is 1.86. The van der Waals surface area contributed by atoms with Crippen molar-refractivity contribution in [1.29, 1.82) is 0 Å². The summed E-state index contributed by atoms with van der Waals surface area (Å²) in [6.45, 7) is 7.23. The number of pyridine rings is 1. The van der Waals surface area contributed by atoms with E-state index in [2.05, 4.69) is 31.8 Å². The maximum Gasteiger partial charge on any atom is 0.0675 e. The minimum Gasteiger partial charge on any atom is -0.325 e. The molecule has 1 heterocycles. The predicted molar refractivity (Wildman–Crippen MR) is 62.3 cm³/mol. The van der Waals surface area contributed by atoms with Crippen molar-refractivity contribution >= 4 is 11.8 Å². The molecule has 1 unspecified atom stereocenters. The lowest BCUT2D eigenvalue weighted by Gasteiger charge is -2.16. The Balaban J connectivity index is 2.75. The van der Waals surface area contributed by atoms with Gasteiger partial charge in [-0.05, 0) is 18.1 Å². The van der Waals surface area contributed by atoms with Crippen molar-refractivity contribution in [1.82, 2.24) is 4.98 Å². The number of hydrogen-bond acceptors (Lipinski definition) is 3. The van der Waals surface area contributed by atoms with Crippen molar-refractivity contribution < 1.29 is 0 Å². The maximum absolute atomic E-state index is 5.63. The number of aromatic nitrogens is 1. The van der Waals surface area contributed by atoms with Crippen molar-refractivity contribution in [3.05, 3.63) is 24.0 Å². The quantitative estimate of drug-likeness (QED) is 0.777. The normalized spacial score (nSPS) is 13.2. The van der Waals surface area contributed by atoms with E-state index in [4.69, 9.17) is 5.73 Å². The van der Waals surface area contributed by atoms with E-state index >= 15 is 0 Å². The highest BCUT2D eigenvalue weighted by atomic mass is 32.2. The standard InChI is InChI=1S/C11H18N2S/c1-8(2)9(3)14-11-5-4-6-13-10(11)7-12/h4-6,8-9H,7,12H2,1-3H3. The van der Waals surface area contributed by atoms with Crippen molar-refractivity contribution in [2.75, 3.05) is 0 Å². The summed E-state index contributed by atoms with van der Waals surface area (Å²) in [7, 11) is 0. The van der Waals surface area contributed by atoms with E-state index in [1.165, 1.54) is 4.90 Å². The number of nitrogens with two attached hydrogens (primary N) is 1. The van der Waals surface area contributed by atoms with Gasteiger partial charge in [-0.15, -0.1) is 11.8 Å². The summed E-state index contributed by atoms with van der Waals surface area (Å²) in [5, 5.41) is 0.601. The predicted octanol–water partition coefficient (Wildman–Crippen LogP) is 2.68. The SMILES string of the molecule is CC(C)C(C)Sc1cccnc1CN. The first-order valence-corrected chi connectivity index (χ1v) is 5.83. The van der Waals surface area contributed by atoms with Gasteiger partial charge in [-0.2, -0.15) is 0 Å². The minimum atomic E-state index is 0.522. The first kappa shape index (κ1) is 11.5. The first-order valence-electron chi connectivity index (χ1n) is 4.95. The molecule has 1 atom stereocenters. The molecule has 3 heteroatoms. The van der Waals surface area contributed by atoms with E-state index in [0.29, 0.717) is 17.7 Å². The van der Waals surface area contributed by atoms with Gasteiger partial charge >= 0.3 is 0 Å². The molecule has 0 amide bonds. The van der Waals surface area contributed by atoms with Crippen LogP contribution in [0.25, 0.3) is 0 Å². The Morgan fingerprint density at radius 3 is 2.71 bits per heavy atom. The molecular formula is C11H18N2S. The van der Waals surface area contributed by atoms with Crippen LogP contribution in [0.5, 0.6) is 0 Å². The Hall–Kier alpha value is -0.540. The van der Waals surface area contributed by atoms with Gasteiger partial charge in [-0.25, -0.2) is 0 Å². The summed E-state index contributed by atoms with van der Waals surface area (Å²) in [5.41, 5.74) is 6.63. The molecule has 78 valence electrons. The second kappa shape index (κ2) is 5.37. The summed E-state index contributed by atoms with van der Waals surface area (Å²) in [5.74, 6) is 0.672. The smallest absolute Gasteiger partial charge is 0.0675 e. The number of rotatable bonds is 4. The number of nitrogens with zero attached hydrogens (tertiary/aromatic N) is 1. The van der Waals surface area contributed by atoms with Gasteiger partial charge in [0.2, 0.25) is 0 Å². The Morgan fingerprint density at radius 1 is 1.43 bits per heavy atom. The third-order valence-electron chi connectivity index (χ3n) is 2.29. The molecule has 0 aliphatic heterocycles. The molecule has 0 spiro atoms. The average molecular weight is 210 g/mol. The molecule has 2 N–H and O–H groups in total. The molecule has 2 nitrogen and oxygen atoms in total. The van der Waals surface area contributed by atoms with Crippen LogP contribution in [0.2, 0.25) is 0 Å². The summed E-state index contributed by atoms with van der Waals surface area (Å²) in [6.07, 6.45) is 1.80. The topological polar surface area (TPSA) is 38.9 Å². The number of thioether (sulfide) groups is 1. The summed E-state index contributed by atoms with van der Waals surface area (Å²) in [4.78, 5) is 5.48. The van der Waals surface area contributed by atoms with Gasteiger partial charge in [0.25, 0.3) is 0 Å². The summed E-state index contributed by atoms with van der Waals surface area (Å²) < 4.78 is 0. The van der Waals surface area contributed by atoms with E-state index in [9.17, 15) is 0 Å². The van der Waals surface area contributed by atoms with Gasteiger partial charge in [0.05, 0.1) is 5.69 Å². The van der Waals surface area contributed by atoms with Crippen LogP contribution < -0.4 is 5.73 Å². The Labute approximate surface area is 90.3 Å². The molecule has 0 aliphatic carbocycles. The fourth-order valence-corrected chi connectivity index (χ4v) is 2.12. The van der Waals surface area contributed by atoms with E-state index in [1.54, 1.807) is 6.20 Å². The molecule has 0 fully saturated rings. The van der Waals surface area contributed by atoms with Crippen LogP contribution in [0.3, 0.4) is 0 Å². The molecule has 1 aromatic rings. The zero-order valence-electron chi connectivity index (χ0n) is 9.03. The van der Waals surface area contributed by atoms with Gasteiger partial charge in [0, 0.05) is 22.9 Å². The highest BCUT2D eigenvalue weighted by Gasteiger charge is 2.11. The Bertz CT molecular complexity index is 286. The third kappa shape index (κ3) is 3.00. The van der Waals surface area contributed by atoms with Crippen molar-refractivity contribution in [2.24, 2.45) is 11.7 Å². The van der Waals surface area contributed by atoms with Gasteiger partial charge in [-0.1, -0.05) is 20.8 Å². The highest BCUT2D eigenvalue weighted by Crippen LogP contribution is 2.29. The van der Waals surface area contributed by atoms with Crippen molar-refractivity contribution in [3.63, 3.8) is 0 Å². The lowest BCUT2D eigenvalue weighted by Crippen LogP contribution is -2.08. The van der Waals surface area contributed by atoms with Crippen LogP contribution in [0, 0.1) is 5.92 Å². The molecule has 0 radical (unpaired) electrons. The largest absolute Gasteiger partial charge is 0.325 e. The Kier molecular flexibility index (Phi) is 4.42. The van der Waals surface area contributed by atoms with E-state index in [1.807, 2.05) is 17.8 Å². The molecule has 0 bridgehead atoms. The first-order chi connectivity index (χ1) is 6.65. The van der Waals surface area contributed by atoms with Crippen molar-refractivity contribution in [2.45, 2.75) is 37.5 Å². The lowest BCUT2D eigenvalue weighted by molar-refractivity contribution is 0.642. The monoisotopic (exact) mass is 210 g/mol. The van der Waals surface area contributed by atoms with Gasteiger partial charge in [0.15, 0.2) is 0 Å². The molecule has 14 heavy (non-hydrogen) atoms. The average Bonchev–Trinajstić information content (AvgIpc) is 2.18. The zero-order valence-corrected chi connectivity index (χ0v) is 9.84. The van der Waals surface area contributed by atoms with Crippen LogP contribution in [0.1, 0.15) is 26.5 Å². The molecule has 0 saturated heterocycles. The third-order valence-corrected chi connectivity index (χ3v) is 3.84. The van der Waals surface area contributed by atoms with Gasteiger partial charge in [-0.3, -0.25) is 4.98 Å². The van der Waals surface area contributed by atoms with E-state index in [-0.39, 0.29) is 0 Å². The van der Waals surface area contributed by atoms with Crippen LogP contribution in [0.15, 0.2) is 23.2 Å². The molecular weight excluding hydrogens is 192 g/mol. The fraction of sp³-hybridized carbons (Fsp3) is 0.545. The highest BCUT2D eigenvalue weighted by molar-refractivity contribution is 8.00. The lowest BCUT2D eigenvalue weighted by atomic mass is 10.2. The minimum absolute atomic E-state index is 0.522. The van der Waals surface area contributed by atoms with Crippen LogP contribution in [-0.2, 0) is 6.54 Å².